The van der Waals surface area contributed by atoms with E-state index < -0.39 is 0 Å². The number of hydrogen-bond acceptors (Lipinski definition) is 3. The van der Waals surface area contributed by atoms with Crippen molar-refractivity contribution in [1.29, 1.82) is 0 Å². The maximum atomic E-state index is 5.95. The highest BCUT2D eigenvalue weighted by Crippen LogP contribution is 2.12. The zero-order chi connectivity index (χ0) is 9.84. The molecule has 1 aromatic heterocycles. The molecule has 0 saturated carbocycles. The van der Waals surface area contributed by atoms with Gasteiger partial charge in [-0.15, -0.1) is 11.3 Å². The third kappa shape index (κ3) is 3.44. The Morgan fingerprint density at radius 2 is 2.23 bits per heavy atom. The maximum Gasteiger partial charge on any atom is 0.0897 e. The molecule has 0 fully saturated rings. The Bertz CT molecular complexity index is 255. The predicted octanol–water partition coefficient (Wildman–Crippen LogP) is 2.37. The van der Waals surface area contributed by atoms with Gasteiger partial charge in [-0.1, -0.05) is 13.8 Å². The molecular formula is C10H18N2S. The molecule has 3 heteroatoms. The average molecular weight is 198 g/mol. The first kappa shape index (κ1) is 10.7. The van der Waals surface area contributed by atoms with Gasteiger partial charge in [0.1, 0.15) is 0 Å². The molecular weight excluding hydrogens is 180 g/mol. The molecule has 0 amide bonds. The summed E-state index contributed by atoms with van der Waals surface area (Å²) in [7, 11) is 0. The molecule has 13 heavy (non-hydrogen) atoms. The van der Waals surface area contributed by atoms with Crippen molar-refractivity contribution in [3.63, 3.8) is 0 Å². The summed E-state index contributed by atoms with van der Waals surface area (Å²) in [6.07, 6.45) is 2.06. The van der Waals surface area contributed by atoms with E-state index >= 15 is 0 Å². The molecule has 0 radical (unpaired) electrons. The van der Waals surface area contributed by atoms with Crippen LogP contribution in [0.25, 0.3) is 0 Å². The Morgan fingerprint density at radius 3 is 2.69 bits per heavy atom. The number of nitrogens with zero attached hydrogens (tertiary/aromatic N) is 1. The van der Waals surface area contributed by atoms with Crippen LogP contribution in [0.3, 0.4) is 0 Å². The largest absolute Gasteiger partial charge is 0.327 e. The standard InChI is InChI=1S/C10H18N2S/c1-7(2)10(11)5-4-9-6-13-8(3)12-9/h6-7,10H,4-5,11H2,1-3H3. The highest BCUT2D eigenvalue weighted by atomic mass is 32.1. The third-order valence-corrected chi connectivity index (χ3v) is 3.08. The van der Waals surface area contributed by atoms with Crippen molar-refractivity contribution in [1.82, 2.24) is 4.98 Å². The molecule has 2 nitrogen and oxygen atoms in total. The SMILES string of the molecule is Cc1nc(CCC(N)C(C)C)cs1. The first-order valence-electron chi connectivity index (χ1n) is 4.76. The summed E-state index contributed by atoms with van der Waals surface area (Å²) < 4.78 is 0. The van der Waals surface area contributed by atoms with E-state index in [1.807, 2.05) is 6.92 Å². The summed E-state index contributed by atoms with van der Waals surface area (Å²) in [6.45, 7) is 6.37. The van der Waals surface area contributed by atoms with E-state index in [1.165, 1.54) is 5.69 Å². The highest BCUT2D eigenvalue weighted by Gasteiger charge is 2.08. The summed E-state index contributed by atoms with van der Waals surface area (Å²) in [4.78, 5) is 4.40. The monoisotopic (exact) mass is 198 g/mol. The Kier molecular flexibility index (Phi) is 3.88. The maximum absolute atomic E-state index is 5.95. The molecule has 74 valence electrons. The van der Waals surface area contributed by atoms with Gasteiger partial charge in [0, 0.05) is 11.4 Å². The van der Waals surface area contributed by atoms with Crippen molar-refractivity contribution in [2.24, 2.45) is 11.7 Å². The first-order valence-corrected chi connectivity index (χ1v) is 5.64. The molecule has 0 aliphatic heterocycles. The normalized spacial score (nSPS) is 13.6. The minimum Gasteiger partial charge on any atom is -0.327 e. The van der Waals surface area contributed by atoms with Crippen molar-refractivity contribution in [3.8, 4) is 0 Å². The van der Waals surface area contributed by atoms with Gasteiger partial charge in [-0.2, -0.15) is 0 Å². The second-order valence-electron chi connectivity index (χ2n) is 3.80. The molecule has 1 rings (SSSR count). The predicted molar refractivity (Wildman–Crippen MR) is 58.0 cm³/mol. The van der Waals surface area contributed by atoms with Gasteiger partial charge < -0.3 is 5.73 Å². The quantitative estimate of drug-likeness (QED) is 0.806. The number of aromatic nitrogens is 1. The highest BCUT2D eigenvalue weighted by molar-refractivity contribution is 7.09. The minimum absolute atomic E-state index is 0.307. The molecule has 1 unspecified atom stereocenters. The van der Waals surface area contributed by atoms with E-state index in [2.05, 4.69) is 24.2 Å². The van der Waals surface area contributed by atoms with E-state index in [-0.39, 0.29) is 0 Å². The van der Waals surface area contributed by atoms with Crippen LogP contribution in [0.15, 0.2) is 5.38 Å². The van der Waals surface area contributed by atoms with Crippen LogP contribution in [0.1, 0.15) is 31.0 Å². The zero-order valence-electron chi connectivity index (χ0n) is 8.58. The van der Waals surface area contributed by atoms with E-state index in [4.69, 9.17) is 5.73 Å². The molecule has 0 aliphatic carbocycles. The number of nitrogens with two attached hydrogens (primary N) is 1. The van der Waals surface area contributed by atoms with E-state index in [1.54, 1.807) is 11.3 Å². The molecule has 2 N–H and O–H groups in total. The molecule has 1 heterocycles. The van der Waals surface area contributed by atoms with Crippen molar-refractivity contribution >= 4 is 11.3 Å². The molecule has 1 aromatic rings. The first-order chi connectivity index (χ1) is 6.09. The molecule has 0 aliphatic rings. The van der Waals surface area contributed by atoms with Gasteiger partial charge in [0.2, 0.25) is 0 Å². The van der Waals surface area contributed by atoms with Gasteiger partial charge in [0.05, 0.1) is 10.7 Å². The number of aryl methyl sites for hydroxylation is 2. The number of rotatable bonds is 4. The summed E-state index contributed by atoms with van der Waals surface area (Å²) in [6, 6.07) is 0.307. The summed E-state index contributed by atoms with van der Waals surface area (Å²) >= 11 is 1.71. The van der Waals surface area contributed by atoms with Crippen molar-refractivity contribution in [2.45, 2.75) is 39.7 Å². The number of hydrogen-bond donors (Lipinski definition) is 1. The van der Waals surface area contributed by atoms with Crippen molar-refractivity contribution in [3.05, 3.63) is 16.1 Å². The van der Waals surface area contributed by atoms with Gasteiger partial charge in [0.15, 0.2) is 0 Å². The lowest BCUT2D eigenvalue weighted by Crippen LogP contribution is -2.26. The lowest BCUT2D eigenvalue weighted by molar-refractivity contribution is 0.463. The molecule has 0 spiro atoms. The van der Waals surface area contributed by atoms with Crippen LogP contribution in [-0.2, 0) is 6.42 Å². The van der Waals surface area contributed by atoms with Gasteiger partial charge in [-0.25, -0.2) is 4.98 Å². The topological polar surface area (TPSA) is 38.9 Å². The van der Waals surface area contributed by atoms with Crippen LogP contribution in [0.5, 0.6) is 0 Å². The molecule has 0 aromatic carbocycles. The van der Waals surface area contributed by atoms with Gasteiger partial charge in [-0.05, 0) is 25.7 Å². The Morgan fingerprint density at radius 1 is 1.54 bits per heavy atom. The fourth-order valence-electron chi connectivity index (χ4n) is 1.17. The second-order valence-corrected chi connectivity index (χ2v) is 4.87. The van der Waals surface area contributed by atoms with Crippen LogP contribution in [0.2, 0.25) is 0 Å². The Hall–Kier alpha value is -0.410. The van der Waals surface area contributed by atoms with Crippen LogP contribution in [0.4, 0.5) is 0 Å². The van der Waals surface area contributed by atoms with Gasteiger partial charge in [-0.3, -0.25) is 0 Å². The van der Waals surface area contributed by atoms with Crippen molar-refractivity contribution < 1.29 is 0 Å². The summed E-state index contributed by atoms with van der Waals surface area (Å²) in [5.74, 6) is 0.569. The van der Waals surface area contributed by atoms with Crippen LogP contribution in [-0.4, -0.2) is 11.0 Å². The van der Waals surface area contributed by atoms with Crippen molar-refractivity contribution in [2.75, 3.05) is 0 Å². The van der Waals surface area contributed by atoms with Gasteiger partial charge >= 0.3 is 0 Å². The smallest absolute Gasteiger partial charge is 0.0897 e. The number of thiazole rings is 1. The Balaban J connectivity index is 2.35. The average Bonchev–Trinajstić information content (AvgIpc) is 2.47. The molecule has 0 bridgehead atoms. The van der Waals surface area contributed by atoms with Crippen LogP contribution >= 0.6 is 11.3 Å². The minimum atomic E-state index is 0.307. The van der Waals surface area contributed by atoms with Gasteiger partial charge in [0.25, 0.3) is 0 Å². The lowest BCUT2D eigenvalue weighted by Gasteiger charge is -2.13. The second kappa shape index (κ2) is 4.72. The summed E-state index contributed by atoms with van der Waals surface area (Å²) in [5, 5.41) is 3.27. The van der Waals surface area contributed by atoms with E-state index in [0.29, 0.717) is 12.0 Å². The lowest BCUT2D eigenvalue weighted by atomic mass is 10.00. The summed E-state index contributed by atoms with van der Waals surface area (Å²) in [5.41, 5.74) is 7.14. The van der Waals surface area contributed by atoms with E-state index in [9.17, 15) is 0 Å². The van der Waals surface area contributed by atoms with E-state index in [0.717, 1.165) is 17.8 Å². The van der Waals surface area contributed by atoms with Crippen LogP contribution in [0, 0.1) is 12.8 Å². The molecule has 0 saturated heterocycles. The third-order valence-electron chi connectivity index (χ3n) is 2.26. The Labute approximate surface area is 84.2 Å². The fraction of sp³-hybridized carbons (Fsp3) is 0.700. The fourth-order valence-corrected chi connectivity index (χ4v) is 1.82. The van der Waals surface area contributed by atoms with Crippen LogP contribution < -0.4 is 5.73 Å². The zero-order valence-corrected chi connectivity index (χ0v) is 9.40. The molecule has 1 atom stereocenters.